The standard InChI is InChI=1S/C19H29N3O/c1-15-7-10-22(11-8-15)14-17-5-2-4-16(12-17)13-21-19(23)18-6-3-9-20-18/h2,4-5,12,15,18,20H,3,6-11,13-14H2,1H3,(H,21,23). The number of piperidine rings is 1. The SMILES string of the molecule is CC1CCN(Cc2cccc(CNC(=O)C3CCCN3)c2)CC1. The molecule has 0 radical (unpaired) electrons. The lowest BCUT2D eigenvalue weighted by atomic mass is 9.98. The summed E-state index contributed by atoms with van der Waals surface area (Å²) in [5.74, 6) is 1.01. The van der Waals surface area contributed by atoms with Crippen molar-refractivity contribution < 1.29 is 4.79 Å². The largest absolute Gasteiger partial charge is 0.351 e. The lowest BCUT2D eigenvalue weighted by Gasteiger charge is -2.30. The molecule has 0 saturated carbocycles. The summed E-state index contributed by atoms with van der Waals surface area (Å²) in [5, 5.41) is 6.31. The fourth-order valence-electron chi connectivity index (χ4n) is 3.54. The number of benzene rings is 1. The third-order valence-corrected chi connectivity index (χ3v) is 5.12. The third-order valence-electron chi connectivity index (χ3n) is 5.12. The van der Waals surface area contributed by atoms with Crippen molar-refractivity contribution in [2.75, 3.05) is 19.6 Å². The van der Waals surface area contributed by atoms with Gasteiger partial charge in [0.2, 0.25) is 5.91 Å². The van der Waals surface area contributed by atoms with Gasteiger partial charge < -0.3 is 10.6 Å². The molecule has 4 heteroatoms. The number of hydrogen-bond acceptors (Lipinski definition) is 3. The van der Waals surface area contributed by atoms with Crippen LogP contribution in [-0.2, 0) is 17.9 Å². The highest BCUT2D eigenvalue weighted by molar-refractivity contribution is 5.81. The number of carbonyl (C=O) groups is 1. The zero-order valence-corrected chi connectivity index (χ0v) is 14.2. The zero-order chi connectivity index (χ0) is 16.1. The summed E-state index contributed by atoms with van der Waals surface area (Å²) >= 11 is 0. The van der Waals surface area contributed by atoms with E-state index in [9.17, 15) is 4.79 Å². The van der Waals surface area contributed by atoms with E-state index in [0.29, 0.717) is 6.54 Å². The maximum atomic E-state index is 12.1. The molecule has 1 aromatic rings. The monoisotopic (exact) mass is 315 g/mol. The Balaban J connectivity index is 1.49. The minimum absolute atomic E-state index is 0.00789. The molecule has 1 aromatic carbocycles. The molecule has 1 atom stereocenters. The Morgan fingerprint density at radius 1 is 1.26 bits per heavy atom. The second-order valence-corrected chi connectivity index (χ2v) is 7.15. The molecule has 0 bridgehead atoms. The molecule has 1 amide bonds. The fourth-order valence-corrected chi connectivity index (χ4v) is 3.54. The Kier molecular flexibility index (Phi) is 5.68. The van der Waals surface area contributed by atoms with Crippen LogP contribution in [0.25, 0.3) is 0 Å². The molecule has 126 valence electrons. The molecule has 0 aromatic heterocycles. The van der Waals surface area contributed by atoms with E-state index in [4.69, 9.17) is 0 Å². The average Bonchev–Trinajstić information content (AvgIpc) is 3.10. The summed E-state index contributed by atoms with van der Waals surface area (Å²) < 4.78 is 0. The normalized spacial score (nSPS) is 23.1. The van der Waals surface area contributed by atoms with Gasteiger partial charge in [0, 0.05) is 13.1 Å². The van der Waals surface area contributed by atoms with Crippen molar-refractivity contribution in [1.82, 2.24) is 15.5 Å². The second-order valence-electron chi connectivity index (χ2n) is 7.15. The minimum Gasteiger partial charge on any atom is -0.351 e. The fraction of sp³-hybridized carbons (Fsp3) is 0.632. The molecule has 1 unspecified atom stereocenters. The first-order valence-electron chi connectivity index (χ1n) is 9.02. The van der Waals surface area contributed by atoms with Gasteiger partial charge in [-0.2, -0.15) is 0 Å². The first-order chi connectivity index (χ1) is 11.2. The van der Waals surface area contributed by atoms with Crippen molar-refractivity contribution in [2.45, 2.75) is 51.7 Å². The number of nitrogens with one attached hydrogen (secondary N) is 2. The predicted molar refractivity (Wildman–Crippen MR) is 93.0 cm³/mol. The van der Waals surface area contributed by atoms with Crippen LogP contribution in [0, 0.1) is 5.92 Å². The second kappa shape index (κ2) is 7.93. The highest BCUT2D eigenvalue weighted by atomic mass is 16.2. The van der Waals surface area contributed by atoms with Gasteiger partial charge in [-0.15, -0.1) is 0 Å². The lowest BCUT2D eigenvalue weighted by Crippen LogP contribution is -2.40. The van der Waals surface area contributed by atoms with E-state index in [0.717, 1.165) is 31.8 Å². The van der Waals surface area contributed by atoms with Gasteiger partial charge in [-0.3, -0.25) is 9.69 Å². The van der Waals surface area contributed by atoms with Crippen LogP contribution in [0.15, 0.2) is 24.3 Å². The molecule has 0 aliphatic carbocycles. The topological polar surface area (TPSA) is 44.4 Å². The van der Waals surface area contributed by atoms with E-state index in [1.54, 1.807) is 0 Å². The summed E-state index contributed by atoms with van der Waals surface area (Å²) in [5.41, 5.74) is 2.55. The van der Waals surface area contributed by atoms with Crippen LogP contribution in [-0.4, -0.2) is 36.5 Å². The Hall–Kier alpha value is -1.39. The molecule has 3 rings (SSSR count). The maximum absolute atomic E-state index is 12.1. The van der Waals surface area contributed by atoms with Crippen LogP contribution >= 0.6 is 0 Å². The summed E-state index contributed by atoms with van der Waals surface area (Å²) in [6.07, 6.45) is 4.68. The van der Waals surface area contributed by atoms with Crippen molar-refractivity contribution in [1.29, 1.82) is 0 Å². The van der Waals surface area contributed by atoms with E-state index in [1.807, 2.05) is 0 Å². The lowest BCUT2D eigenvalue weighted by molar-refractivity contribution is -0.122. The van der Waals surface area contributed by atoms with Crippen LogP contribution in [0.3, 0.4) is 0 Å². The van der Waals surface area contributed by atoms with Gasteiger partial charge in [-0.25, -0.2) is 0 Å². The van der Waals surface area contributed by atoms with Gasteiger partial charge in [0.15, 0.2) is 0 Å². The number of hydrogen-bond donors (Lipinski definition) is 2. The number of carbonyl (C=O) groups excluding carboxylic acids is 1. The molecule has 0 spiro atoms. The molecule has 2 aliphatic rings. The minimum atomic E-state index is 0.00789. The Labute approximate surface area is 139 Å². The van der Waals surface area contributed by atoms with Crippen molar-refractivity contribution in [2.24, 2.45) is 5.92 Å². The van der Waals surface area contributed by atoms with E-state index in [-0.39, 0.29) is 11.9 Å². The zero-order valence-electron chi connectivity index (χ0n) is 14.2. The number of nitrogens with zero attached hydrogens (tertiary/aromatic N) is 1. The summed E-state index contributed by atoms with van der Waals surface area (Å²) in [4.78, 5) is 14.6. The molecule has 2 saturated heterocycles. The average molecular weight is 315 g/mol. The number of likely N-dealkylation sites (tertiary alicyclic amines) is 1. The van der Waals surface area contributed by atoms with Crippen molar-refractivity contribution >= 4 is 5.91 Å². The molecule has 2 fully saturated rings. The third kappa shape index (κ3) is 4.79. The van der Waals surface area contributed by atoms with Crippen LogP contribution < -0.4 is 10.6 Å². The highest BCUT2D eigenvalue weighted by Gasteiger charge is 2.21. The molecule has 2 aliphatic heterocycles. The van der Waals surface area contributed by atoms with E-state index in [2.05, 4.69) is 46.7 Å². The Bertz CT molecular complexity index is 517. The first-order valence-corrected chi connectivity index (χ1v) is 9.02. The van der Waals surface area contributed by atoms with Crippen LogP contribution in [0.4, 0.5) is 0 Å². The van der Waals surface area contributed by atoms with E-state index >= 15 is 0 Å². The molecular formula is C19H29N3O. The quantitative estimate of drug-likeness (QED) is 0.876. The molecule has 23 heavy (non-hydrogen) atoms. The van der Waals surface area contributed by atoms with Crippen molar-refractivity contribution in [3.05, 3.63) is 35.4 Å². The highest BCUT2D eigenvalue weighted by Crippen LogP contribution is 2.18. The molecule has 2 N–H and O–H groups in total. The van der Waals surface area contributed by atoms with Crippen molar-refractivity contribution in [3.63, 3.8) is 0 Å². The summed E-state index contributed by atoms with van der Waals surface area (Å²) in [6.45, 7) is 7.37. The molecular weight excluding hydrogens is 286 g/mol. The predicted octanol–water partition coefficient (Wildman–Crippen LogP) is 2.29. The Morgan fingerprint density at radius 2 is 2.04 bits per heavy atom. The maximum Gasteiger partial charge on any atom is 0.237 e. The van der Waals surface area contributed by atoms with Gasteiger partial charge in [0.05, 0.1) is 6.04 Å². The Morgan fingerprint density at radius 3 is 2.78 bits per heavy atom. The number of amides is 1. The van der Waals surface area contributed by atoms with Gasteiger partial charge in [-0.1, -0.05) is 31.2 Å². The van der Waals surface area contributed by atoms with Crippen LogP contribution in [0.1, 0.15) is 43.7 Å². The van der Waals surface area contributed by atoms with Gasteiger partial charge in [-0.05, 0) is 62.4 Å². The van der Waals surface area contributed by atoms with Gasteiger partial charge >= 0.3 is 0 Å². The smallest absolute Gasteiger partial charge is 0.237 e. The van der Waals surface area contributed by atoms with E-state index in [1.165, 1.54) is 37.1 Å². The van der Waals surface area contributed by atoms with Crippen LogP contribution in [0.5, 0.6) is 0 Å². The summed E-state index contributed by atoms with van der Waals surface area (Å²) in [7, 11) is 0. The van der Waals surface area contributed by atoms with E-state index < -0.39 is 0 Å². The number of rotatable bonds is 5. The first kappa shape index (κ1) is 16.5. The van der Waals surface area contributed by atoms with Gasteiger partial charge in [0.1, 0.15) is 0 Å². The van der Waals surface area contributed by atoms with Crippen molar-refractivity contribution in [3.8, 4) is 0 Å². The summed E-state index contributed by atoms with van der Waals surface area (Å²) in [6, 6.07) is 8.65. The van der Waals surface area contributed by atoms with Crippen LogP contribution in [0.2, 0.25) is 0 Å². The molecule has 2 heterocycles. The molecule has 4 nitrogen and oxygen atoms in total. The van der Waals surface area contributed by atoms with Gasteiger partial charge in [0.25, 0.3) is 0 Å².